The van der Waals surface area contributed by atoms with Crippen molar-refractivity contribution < 1.29 is 14.7 Å². The Kier molecular flexibility index (Phi) is 3.92. The highest BCUT2D eigenvalue weighted by molar-refractivity contribution is 5.97. The van der Waals surface area contributed by atoms with Gasteiger partial charge in [-0.05, 0) is 50.8 Å². The average molecular weight is 332 g/mol. The van der Waals surface area contributed by atoms with Crippen LogP contribution in [0, 0.1) is 0 Å². The highest BCUT2D eigenvalue weighted by atomic mass is 16.4. The van der Waals surface area contributed by atoms with Crippen LogP contribution in [0.15, 0.2) is 18.2 Å². The Hall–Kier alpha value is -1.92. The van der Waals surface area contributed by atoms with E-state index in [4.69, 9.17) is 10.8 Å². The molecule has 2 unspecified atom stereocenters. The number of likely N-dealkylation sites (tertiary alicyclic amines) is 1. The van der Waals surface area contributed by atoms with Crippen LogP contribution in [0.5, 0.6) is 0 Å². The molecule has 2 amide bonds. The smallest absolute Gasteiger partial charge is 0.405 e. The van der Waals surface area contributed by atoms with Crippen LogP contribution in [-0.2, 0) is 11.2 Å². The Morgan fingerprint density at radius 2 is 2.04 bits per heavy atom. The number of amides is 2. The lowest BCUT2D eigenvalue weighted by Crippen LogP contribution is -2.64. The summed E-state index contributed by atoms with van der Waals surface area (Å²) in [7, 11) is 0. The molecular formula is C18H26N3O3+. The SMILES string of the molecule is CC(C)(C)[N+]1(c2ccc3c(c2)CCC3N)CC[C@H](NC(=O)O)C1=O. The van der Waals surface area contributed by atoms with Crippen molar-refractivity contribution in [2.75, 3.05) is 6.54 Å². The third-order valence-electron chi connectivity index (χ3n) is 5.56. The number of quaternary nitrogens is 1. The third kappa shape index (κ3) is 2.41. The van der Waals surface area contributed by atoms with Crippen molar-refractivity contribution in [2.45, 2.75) is 57.7 Å². The lowest BCUT2D eigenvalue weighted by atomic mass is 9.98. The lowest BCUT2D eigenvalue weighted by molar-refractivity contribution is -0.132. The number of carbonyl (C=O) groups excluding carboxylic acids is 1. The zero-order valence-electron chi connectivity index (χ0n) is 14.5. The van der Waals surface area contributed by atoms with Gasteiger partial charge in [0.05, 0.1) is 6.54 Å². The van der Waals surface area contributed by atoms with Crippen molar-refractivity contribution in [1.82, 2.24) is 9.80 Å². The van der Waals surface area contributed by atoms with Gasteiger partial charge in [0.25, 0.3) is 0 Å². The third-order valence-corrected chi connectivity index (χ3v) is 5.56. The number of nitrogens with one attached hydrogen (secondary N) is 1. The molecule has 6 nitrogen and oxygen atoms in total. The molecule has 6 heteroatoms. The minimum atomic E-state index is -1.15. The van der Waals surface area contributed by atoms with E-state index in [-0.39, 0.29) is 22.0 Å². The summed E-state index contributed by atoms with van der Waals surface area (Å²) in [5.74, 6) is -0.0767. The topological polar surface area (TPSA) is 92.4 Å². The molecule has 3 rings (SSSR count). The van der Waals surface area contributed by atoms with Crippen molar-refractivity contribution in [3.8, 4) is 0 Å². The number of carbonyl (C=O) groups is 2. The van der Waals surface area contributed by atoms with Crippen molar-refractivity contribution in [3.05, 3.63) is 29.3 Å². The first-order chi connectivity index (χ1) is 11.2. The van der Waals surface area contributed by atoms with E-state index in [2.05, 4.69) is 11.4 Å². The van der Waals surface area contributed by atoms with Crippen LogP contribution >= 0.6 is 0 Å². The molecule has 1 heterocycles. The Morgan fingerprint density at radius 1 is 1.33 bits per heavy atom. The van der Waals surface area contributed by atoms with Gasteiger partial charge in [0.1, 0.15) is 11.2 Å². The van der Waals surface area contributed by atoms with Crippen LogP contribution in [0.25, 0.3) is 0 Å². The summed E-state index contributed by atoms with van der Waals surface area (Å²) < 4.78 is 0.167. The van der Waals surface area contributed by atoms with E-state index >= 15 is 0 Å². The summed E-state index contributed by atoms with van der Waals surface area (Å²) in [4.78, 5) is 24.2. The fraction of sp³-hybridized carbons (Fsp3) is 0.556. The number of hydrogen-bond acceptors (Lipinski definition) is 3. The van der Waals surface area contributed by atoms with Crippen molar-refractivity contribution >= 4 is 17.7 Å². The van der Waals surface area contributed by atoms with Gasteiger partial charge in [-0.1, -0.05) is 6.07 Å². The van der Waals surface area contributed by atoms with Gasteiger partial charge in [-0.2, -0.15) is 0 Å². The highest BCUT2D eigenvalue weighted by Crippen LogP contribution is 2.42. The maximum Gasteiger partial charge on any atom is 0.405 e. The van der Waals surface area contributed by atoms with Crippen LogP contribution in [0.1, 0.15) is 50.8 Å². The van der Waals surface area contributed by atoms with Gasteiger partial charge < -0.3 is 16.2 Å². The molecule has 0 radical (unpaired) electrons. The zero-order valence-corrected chi connectivity index (χ0v) is 14.5. The maximum absolute atomic E-state index is 13.2. The molecule has 3 atom stereocenters. The van der Waals surface area contributed by atoms with E-state index in [9.17, 15) is 9.59 Å². The second kappa shape index (κ2) is 5.57. The van der Waals surface area contributed by atoms with E-state index < -0.39 is 12.1 Å². The number of nitrogens with two attached hydrogens (primary N) is 1. The highest BCUT2D eigenvalue weighted by Gasteiger charge is 2.57. The Balaban J connectivity index is 2.06. The first kappa shape index (κ1) is 16.9. The molecule has 1 aromatic carbocycles. The number of nitrogens with zero attached hydrogens (tertiary/aromatic N) is 1. The molecular weight excluding hydrogens is 306 g/mol. The molecule has 2 aliphatic rings. The van der Waals surface area contributed by atoms with Crippen LogP contribution in [0.2, 0.25) is 0 Å². The molecule has 0 spiro atoms. The number of fused-ring (bicyclic) bond motifs is 1. The maximum atomic E-state index is 13.2. The number of aryl methyl sites for hydroxylation is 1. The van der Waals surface area contributed by atoms with E-state index in [1.807, 2.05) is 32.9 Å². The summed E-state index contributed by atoms with van der Waals surface area (Å²) in [5, 5.41) is 11.4. The van der Waals surface area contributed by atoms with Gasteiger partial charge in [-0.25, -0.2) is 14.1 Å². The van der Waals surface area contributed by atoms with Gasteiger partial charge >= 0.3 is 12.0 Å². The predicted molar refractivity (Wildman–Crippen MR) is 92.7 cm³/mol. The zero-order chi connectivity index (χ0) is 17.7. The standard InChI is InChI=1S/C18H25N3O3/c1-18(2,3)21(9-8-15(16(21)22)20-17(23)24)12-5-6-13-11(10-12)4-7-14(13)19/h5-6,10,14-15,20H,4,7-9,19H2,1-3H3/p+1/t14?,15-,21?/m0/s1. The summed E-state index contributed by atoms with van der Waals surface area (Å²) in [6, 6.07) is 5.56. The Labute approximate surface area is 142 Å². The normalized spacial score (nSPS) is 29.6. The fourth-order valence-corrected chi connectivity index (χ4v) is 4.29. The predicted octanol–water partition coefficient (Wildman–Crippen LogP) is 2.30. The molecule has 1 saturated heterocycles. The molecule has 1 aliphatic carbocycles. The summed E-state index contributed by atoms with van der Waals surface area (Å²) >= 11 is 0. The van der Waals surface area contributed by atoms with Crippen molar-refractivity contribution in [2.24, 2.45) is 5.73 Å². The molecule has 1 aliphatic heterocycles. The molecule has 0 saturated carbocycles. The van der Waals surface area contributed by atoms with E-state index in [0.717, 1.165) is 24.1 Å². The van der Waals surface area contributed by atoms with Crippen LogP contribution in [0.3, 0.4) is 0 Å². The molecule has 0 aromatic heterocycles. The number of rotatable bonds is 2. The second-order valence-corrected chi connectivity index (χ2v) is 7.86. The molecule has 1 fully saturated rings. The van der Waals surface area contributed by atoms with Crippen LogP contribution in [0.4, 0.5) is 10.5 Å². The van der Waals surface area contributed by atoms with E-state index in [1.54, 1.807) is 0 Å². The van der Waals surface area contributed by atoms with Crippen LogP contribution < -0.4 is 15.5 Å². The monoisotopic (exact) mass is 332 g/mol. The summed E-state index contributed by atoms with van der Waals surface area (Å²) in [6.45, 7) is 6.70. The van der Waals surface area contributed by atoms with Gasteiger partial charge in [0, 0.05) is 18.5 Å². The Bertz CT molecular complexity index is 695. The lowest BCUT2D eigenvalue weighted by Gasteiger charge is -2.43. The van der Waals surface area contributed by atoms with Gasteiger partial charge in [-0.3, -0.25) is 0 Å². The minimum absolute atomic E-state index is 0.0767. The van der Waals surface area contributed by atoms with E-state index in [0.29, 0.717) is 13.0 Å². The Morgan fingerprint density at radius 3 is 2.67 bits per heavy atom. The van der Waals surface area contributed by atoms with Gasteiger partial charge in [0.15, 0.2) is 6.04 Å². The van der Waals surface area contributed by atoms with Gasteiger partial charge in [-0.15, -0.1) is 0 Å². The first-order valence-corrected chi connectivity index (χ1v) is 8.48. The van der Waals surface area contributed by atoms with Crippen molar-refractivity contribution in [3.63, 3.8) is 0 Å². The number of hydrogen-bond donors (Lipinski definition) is 3. The number of carboxylic acid groups (broad SMARTS) is 1. The largest absolute Gasteiger partial charge is 0.465 e. The fourth-order valence-electron chi connectivity index (χ4n) is 4.29. The molecule has 1 aromatic rings. The van der Waals surface area contributed by atoms with Crippen LogP contribution in [-0.4, -0.2) is 35.2 Å². The van der Waals surface area contributed by atoms with Crippen molar-refractivity contribution in [1.29, 1.82) is 0 Å². The van der Waals surface area contributed by atoms with E-state index in [1.165, 1.54) is 5.56 Å². The van der Waals surface area contributed by atoms with Gasteiger partial charge in [0.2, 0.25) is 0 Å². The number of benzene rings is 1. The second-order valence-electron chi connectivity index (χ2n) is 7.86. The average Bonchev–Trinajstić information content (AvgIpc) is 3.00. The molecule has 0 bridgehead atoms. The molecule has 4 N–H and O–H groups in total. The minimum Gasteiger partial charge on any atom is -0.465 e. The molecule has 130 valence electrons. The molecule has 24 heavy (non-hydrogen) atoms. The summed E-state index contributed by atoms with van der Waals surface area (Å²) in [5.41, 5.74) is 9.08. The quantitative estimate of drug-likeness (QED) is 0.725. The first-order valence-electron chi connectivity index (χ1n) is 8.48. The summed E-state index contributed by atoms with van der Waals surface area (Å²) in [6.07, 6.45) is 1.23.